The number of carbonyl (C=O) groups excluding carboxylic acids is 1. The zero-order valence-corrected chi connectivity index (χ0v) is 17.0. The third-order valence-corrected chi connectivity index (χ3v) is 6.87. The molecule has 158 valence electrons. The highest BCUT2D eigenvalue weighted by Gasteiger charge is 2.46. The summed E-state index contributed by atoms with van der Waals surface area (Å²) in [5.74, 6) is 0.0379. The van der Waals surface area contributed by atoms with Crippen LogP contribution in [0.5, 0.6) is 0 Å². The van der Waals surface area contributed by atoms with E-state index in [1.807, 2.05) is 24.3 Å². The number of ether oxygens (including phenoxy) is 2. The van der Waals surface area contributed by atoms with Crippen LogP contribution in [-0.2, 0) is 9.47 Å². The zero-order chi connectivity index (χ0) is 20.6. The van der Waals surface area contributed by atoms with Gasteiger partial charge in [0.2, 0.25) is 0 Å². The molecule has 0 spiro atoms. The topological polar surface area (TPSA) is 71.0 Å². The summed E-state index contributed by atoms with van der Waals surface area (Å²) in [6.07, 6.45) is 1.72. The van der Waals surface area contributed by atoms with E-state index in [2.05, 4.69) is 34.5 Å². The van der Waals surface area contributed by atoms with Crippen LogP contribution in [0.2, 0.25) is 0 Å². The van der Waals surface area contributed by atoms with Crippen molar-refractivity contribution in [3.63, 3.8) is 0 Å². The second-order valence-corrected chi connectivity index (χ2v) is 8.57. The molecule has 2 aliphatic heterocycles. The fourth-order valence-corrected chi connectivity index (χ4v) is 5.33. The Bertz CT molecular complexity index is 887. The Morgan fingerprint density at radius 3 is 2.57 bits per heavy atom. The van der Waals surface area contributed by atoms with Crippen molar-refractivity contribution < 1.29 is 19.4 Å². The number of alkyl carbamates (subject to hydrolysis) is 1. The monoisotopic (exact) mass is 408 g/mol. The molecule has 3 aliphatic rings. The summed E-state index contributed by atoms with van der Waals surface area (Å²) in [5.41, 5.74) is 4.24. The number of fused-ring (bicyclic) bond motifs is 4. The molecule has 1 aliphatic carbocycles. The normalized spacial score (nSPS) is 25.4. The number of benzene rings is 2. The number of morpholine rings is 1. The van der Waals surface area contributed by atoms with Crippen molar-refractivity contribution in [2.45, 2.75) is 30.3 Å². The van der Waals surface area contributed by atoms with Crippen molar-refractivity contribution in [2.75, 3.05) is 39.5 Å². The van der Waals surface area contributed by atoms with Gasteiger partial charge in [-0.05, 0) is 41.6 Å². The van der Waals surface area contributed by atoms with E-state index in [0.29, 0.717) is 25.8 Å². The summed E-state index contributed by atoms with van der Waals surface area (Å²) in [7, 11) is 0. The quantitative estimate of drug-likeness (QED) is 0.796. The van der Waals surface area contributed by atoms with E-state index >= 15 is 0 Å². The van der Waals surface area contributed by atoms with Gasteiger partial charge in [-0.3, -0.25) is 4.90 Å². The van der Waals surface area contributed by atoms with Crippen LogP contribution >= 0.6 is 0 Å². The summed E-state index contributed by atoms with van der Waals surface area (Å²) >= 11 is 0. The number of aliphatic hydroxyl groups excluding tert-OH is 1. The third kappa shape index (κ3) is 3.29. The van der Waals surface area contributed by atoms with Crippen LogP contribution < -0.4 is 5.32 Å². The third-order valence-electron chi connectivity index (χ3n) is 6.87. The van der Waals surface area contributed by atoms with Gasteiger partial charge in [0.05, 0.1) is 25.4 Å². The molecule has 2 atom stereocenters. The van der Waals surface area contributed by atoms with Gasteiger partial charge in [-0.1, -0.05) is 48.5 Å². The molecule has 0 bridgehead atoms. The number of aliphatic hydroxyl groups is 1. The Morgan fingerprint density at radius 2 is 1.87 bits per heavy atom. The first-order chi connectivity index (χ1) is 14.7. The van der Waals surface area contributed by atoms with Gasteiger partial charge in [-0.2, -0.15) is 0 Å². The van der Waals surface area contributed by atoms with E-state index in [0.717, 1.165) is 19.4 Å². The number of nitrogens with one attached hydrogen (secondary N) is 1. The molecular weight excluding hydrogens is 380 g/mol. The molecule has 0 aromatic heterocycles. The van der Waals surface area contributed by atoms with Crippen molar-refractivity contribution in [1.82, 2.24) is 10.2 Å². The molecule has 6 nitrogen and oxygen atoms in total. The Balaban J connectivity index is 1.24. The van der Waals surface area contributed by atoms with E-state index in [1.54, 1.807) is 0 Å². The molecule has 2 aromatic carbocycles. The molecule has 2 aromatic rings. The first kappa shape index (κ1) is 19.5. The summed E-state index contributed by atoms with van der Waals surface area (Å²) in [6.45, 7) is 2.61. The minimum absolute atomic E-state index is 0.0379. The van der Waals surface area contributed by atoms with Gasteiger partial charge in [0.1, 0.15) is 6.61 Å². The number of carbonyl (C=O) groups is 1. The minimum Gasteiger partial charge on any atom is -0.449 e. The largest absolute Gasteiger partial charge is 0.449 e. The van der Waals surface area contributed by atoms with Gasteiger partial charge in [-0.25, -0.2) is 4.79 Å². The number of nitrogens with zero attached hydrogens (tertiary/aromatic N) is 1. The van der Waals surface area contributed by atoms with E-state index in [-0.39, 0.29) is 19.1 Å². The zero-order valence-electron chi connectivity index (χ0n) is 17.0. The summed E-state index contributed by atoms with van der Waals surface area (Å²) in [4.78, 5) is 14.8. The maximum atomic E-state index is 12.5. The van der Waals surface area contributed by atoms with Crippen molar-refractivity contribution >= 4 is 6.09 Å². The molecular formula is C24H28N2O4. The number of amides is 1. The number of rotatable bonds is 5. The molecule has 2 N–H and O–H groups in total. The summed E-state index contributed by atoms with van der Waals surface area (Å²) in [6, 6.07) is 16.9. The number of hydrogen-bond donors (Lipinski definition) is 2. The molecule has 30 heavy (non-hydrogen) atoms. The van der Waals surface area contributed by atoms with Gasteiger partial charge < -0.3 is 19.9 Å². The molecule has 2 fully saturated rings. The fraction of sp³-hybridized carbons (Fsp3) is 0.458. The van der Waals surface area contributed by atoms with Crippen LogP contribution in [0.1, 0.15) is 29.9 Å². The Hall–Kier alpha value is -2.41. The highest BCUT2D eigenvalue weighted by molar-refractivity contribution is 5.79. The lowest BCUT2D eigenvalue weighted by molar-refractivity contribution is -0.106. The maximum absolute atomic E-state index is 12.5. The van der Waals surface area contributed by atoms with Crippen LogP contribution in [0.4, 0.5) is 4.79 Å². The van der Waals surface area contributed by atoms with Crippen LogP contribution in [0.3, 0.4) is 0 Å². The predicted molar refractivity (Wildman–Crippen MR) is 113 cm³/mol. The van der Waals surface area contributed by atoms with Gasteiger partial charge in [0.25, 0.3) is 0 Å². The Labute approximate surface area is 176 Å². The second kappa shape index (κ2) is 8.02. The average Bonchev–Trinajstić information content (AvgIpc) is 3.40. The lowest BCUT2D eigenvalue weighted by Gasteiger charge is -2.47. The Morgan fingerprint density at radius 1 is 1.17 bits per heavy atom. The van der Waals surface area contributed by atoms with Crippen molar-refractivity contribution in [3.8, 4) is 11.1 Å². The molecule has 0 radical (unpaired) electrons. The van der Waals surface area contributed by atoms with Gasteiger partial charge in [0, 0.05) is 18.5 Å². The average molecular weight is 408 g/mol. The molecule has 2 heterocycles. The van der Waals surface area contributed by atoms with E-state index < -0.39 is 11.6 Å². The van der Waals surface area contributed by atoms with Gasteiger partial charge in [-0.15, -0.1) is 0 Å². The Kier molecular flexibility index (Phi) is 5.23. The van der Waals surface area contributed by atoms with Gasteiger partial charge >= 0.3 is 6.09 Å². The van der Waals surface area contributed by atoms with Crippen LogP contribution in [-0.4, -0.2) is 67.2 Å². The molecule has 5 rings (SSSR count). The SMILES string of the molecule is O=C(NC[C@@]1(CO)COC[C@@H]2CCCN21)OCC1c2ccccc2-c2ccccc21. The first-order valence-corrected chi connectivity index (χ1v) is 10.8. The fourth-order valence-electron chi connectivity index (χ4n) is 5.33. The molecule has 0 saturated carbocycles. The standard InChI is InChI=1S/C24H28N2O4/c27-15-24(16-29-12-17-6-5-11-26(17)24)14-25-23(28)30-13-22-20-9-3-1-7-18(20)19-8-2-4-10-21(19)22/h1-4,7-10,17,22,27H,5-6,11-16H2,(H,25,28)/t17-,24+/m0/s1. The lowest BCUT2D eigenvalue weighted by atomic mass is 9.96. The minimum atomic E-state index is -0.564. The maximum Gasteiger partial charge on any atom is 0.407 e. The predicted octanol–water partition coefficient (Wildman–Crippen LogP) is 2.75. The highest BCUT2D eigenvalue weighted by atomic mass is 16.5. The summed E-state index contributed by atoms with van der Waals surface area (Å²) < 4.78 is 11.4. The molecule has 1 amide bonds. The molecule has 6 heteroatoms. The van der Waals surface area contributed by atoms with E-state index in [9.17, 15) is 9.90 Å². The summed E-state index contributed by atoms with van der Waals surface area (Å²) in [5, 5.41) is 13.0. The highest BCUT2D eigenvalue weighted by Crippen LogP contribution is 2.44. The lowest BCUT2D eigenvalue weighted by Crippen LogP contribution is -2.65. The van der Waals surface area contributed by atoms with Crippen LogP contribution in [0.25, 0.3) is 11.1 Å². The smallest absolute Gasteiger partial charge is 0.407 e. The van der Waals surface area contributed by atoms with Crippen molar-refractivity contribution in [3.05, 3.63) is 59.7 Å². The van der Waals surface area contributed by atoms with Crippen molar-refractivity contribution in [2.24, 2.45) is 0 Å². The van der Waals surface area contributed by atoms with Crippen LogP contribution in [0, 0.1) is 0 Å². The first-order valence-electron chi connectivity index (χ1n) is 10.8. The number of hydrogen-bond acceptors (Lipinski definition) is 5. The molecule has 2 saturated heterocycles. The second-order valence-electron chi connectivity index (χ2n) is 8.57. The van der Waals surface area contributed by atoms with E-state index in [1.165, 1.54) is 22.3 Å². The van der Waals surface area contributed by atoms with Crippen LogP contribution in [0.15, 0.2) is 48.5 Å². The van der Waals surface area contributed by atoms with E-state index in [4.69, 9.17) is 9.47 Å². The van der Waals surface area contributed by atoms with Crippen molar-refractivity contribution in [1.29, 1.82) is 0 Å². The molecule has 0 unspecified atom stereocenters. The van der Waals surface area contributed by atoms with Gasteiger partial charge in [0.15, 0.2) is 0 Å².